The molecule has 2 aromatic rings. The predicted molar refractivity (Wildman–Crippen MR) is 130 cm³/mol. The third-order valence-electron chi connectivity index (χ3n) is 6.15. The molecule has 2 aliphatic heterocycles. The maximum Gasteiger partial charge on any atom is 0.414 e. The molecule has 2 fully saturated rings. The van der Waals surface area contributed by atoms with Gasteiger partial charge >= 0.3 is 6.09 Å². The van der Waals surface area contributed by atoms with Crippen molar-refractivity contribution in [3.63, 3.8) is 0 Å². The topological polar surface area (TPSA) is 97.7 Å². The minimum atomic E-state index is -0.756. The maximum absolute atomic E-state index is 15.1. The third kappa shape index (κ3) is 5.04. The minimum Gasteiger partial charge on any atom is -0.442 e. The van der Waals surface area contributed by atoms with Crippen molar-refractivity contribution in [2.45, 2.75) is 36.3 Å². The number of nitrogens with one attached hydrogen (secondary N) is 2. The van der Waals surface area contributed by atoms with Crippen molar-refractivity contribution in [1.82, 2.24) is 5.32 Å². The molecule has 1 atom stereocenters. The monoisotopic (exact) mass is 483 g/mol. The van der Waals surface area contributed by atoms with Gasteiger partial charge < -0.3 is 20.3 Å². The Hall–Kier alpha value is -3.45. The number of nitrogens with zero attached hydrogens (tertiary/aromatic N) is 3. The maximum atomic E-state index is 15.1. The molecule has 2 aromatic carbocycles. The summed E-state index contributed by atoms with van der Waals surface area (Å²) in [7, 11) is 0. The van der Waals surface area contributed by atoms with Crippen molar-refractivity contribution in [2.75, 3.05) is 41.3 Å². The average molecular weight is 484 g/mol. The molecule has 2 saturated heterocycles. The molecule has 178 valence electrons. The zero-order valence-electron chi connectivity index (χ0n) is 18.8. The Kier molecular flexibility index (Phi) is 6.84. The van der Waals surface area contributed by atoms with Crippen LogP contribution in [0.1, 0.15) is 19.8 Å². The van der Waals surface area contributed by atoms with Crippen molar-refractivity contribution in [3.8, 4) is 6.07 Å². The summed E-state index contributed by atoms with van der Waals surface area (Å²) < 4.78 is 20.3. The molecular weight excluding hydrogens is 457 g/mol. The lowest BCUT2D eigenvalue weighted by molar-refractivity contribution is -0.119. The highest BCUT2D eigenvalue weighted by Gasteiger charge is 2.36. The molecule has 0 spiro atoms. The van der Waals surface area contributed by atoms with E-state index >= 15 is 4.39 Å². The molecule has 0 bridgehead atoms. The summed E-state index contributed by atoms with van der Waals surface area (Å²) in [5, 5.41) is 15.8. The van der Waals surface area contributed by atoms with Gasteiger partial charge in [0, 0.05) is 43.4 Å². The lowest BCUT2D eigenvalue weighted by atomic mass is 9.88. The number of nitriles is 1. The van der Waals surface area contributed by atoms with Gasteiger partial charge in [-0.25, -0.2) is 9.18 Å². The summed E-state index contributed by atoms with van der Waals surface area (Å²) in [6.45, 7) is 2.81. The second-order valence-corrected chi connectivity index (χ2v) is 8.99. The summed E-state index contributed by atoms with van der Waals surface area (Å²) in [6.07, 6.45) is -0.0448. The van der Waals surface area contributed by atoms with Gasteiger partial charge in [0.05, 0.1) is 30.5 Å². The first-order valence-electron chi connectivity index (χ1n) is 11.0. The predicted octanol–water partition coefficient (Wildman–Crippen LogP) is 3.55. The third-order valence-corrected chi connectivity index (χ3v) is 6.54. The highest BCUT2D eigenvalue weighted by atomic mass is 32.1. The fraction of sp³-hybridized carbons (Fsp3) is 0.375. The van der Waals surface area contributed by atoms with Crippen LogP contribution in [-0.2, 0) is 9.53 Å². The van der Waals surface area contributed by atoms with Crippen LogP contribution in [0.5, 0.6) is 0 Å². The van der Waals surface area contributed by atoms with Crippen LogP contribution in [0.4, 0.5) is 26.2 Å². The highest BCUT2D eigenvalue weighted by molar-refractivity contribution is 7.80. The van der Waals surface area contributed by atoms with Crippen molar-refractivity contribution in [3.05, 3.63) is 48.3 Å². The van der Waals surface area contributed by atoms with Crippen molar-refractivity contribution >= 4 is 41.7 Å². The van der Waals surface area contributed by atoms with Crippen LogP contribution in [-0.4, -0.2) is 49.8 Å². The lowest BCUT2D eigenvalue weighted by Gasteiger charge is -2.39. The van der Waals surface area contributed by atoms with Crippen LogP contribution in [0.15, 0.2) is 47.4 Å². The molecule has 10 heteroatoms. The molecule has 34 heavy (non-hydrogen) atoms. The Morgan fingerprint density at radius 2 is 2.03 bits per heavy atom. The summed E-state index contributed by atoms with van der Waals surface area (Å²) in [5.41, 5.74) is 0.860. The van der Waals surface area contributed by atoms with E-state index in [1.54, 1.807) is 12.1 Å². The molecule has 0 radical (unpaired) electrons. The SMILES string of the molecule is CC(=O)NCC1CN(c2ccc(N3CCC(C#N)(Nc4ccccc4S)CC3)c(F)c2)C(=O)O1. The second-order valence-electron chi connectivity index (χ2n) is 8.51. The number of thiol groups is 1. The van der Waals surface area contributed by atoms with E-state index in [-0.39, 0.29) is 19.0 Å². The van der Waals surface area contributed by atoms with Gasteiger partial charge in [-0.1, -0.05) is 12.1 Å². The molecule has 0 aliphatic carbocycles. The number of rotatable bonds is 6. The standard InChI is InChI=1S/C24H26FN5O3S/c1-16(31)27-13-18-14-30(23(32)33-18)17-6-7-21(19(25)12-17)29-10-8-24(15-26,9-11-29)28-20-4-2-3-5-22(20)34/h2-7,12,18,28,34H,8-11,13-14H2,1H3,(H,27,31). The van der Waals surface area contributed by atoms with E-state index in [1.807, 2.05) is 29.2 Å². The number of halogens is 1. The number of piperidine rings is 1. The minimum absolute atomic E-state index is 0.207. The van der Waals surface area contributed by atoms with E-state index in [9.17, 15) is 14.9 Å². The molecule has 1 unspecified atom stereocenters. The first-order chi connectivity index (χ1) is 16.3. The number of ether oxygens (including phenoxy) is 1. The van der Waals surface area contributed by atoms with Crippen LogP contribution in [0.2, 0.25) is 0 Å². The number of hydrogen-bond acceptors (Lipinski definition) is 7. The van der Waals surface area contributed by atoms with Gasteiger partial charge in [-0.15, -0.1) is 12.6 Å². The number of cyclic esters (lactones) is 1. The zero-order valence-corrected chi connectivity index (χ0v) is 19.6. The molecule has 0 aromatic heterocycles. The number of benzene rings is 2. The van der Waals surface area contributed by atoms with Crippen LogP contribution in [0, 0.1) is 17.1 Å². The molecule has 8 nitrogen and oxygen atoms in total. The van der Waals surface area contributed by atoms with Gasteiger partial charge in [-0.05, 0) is 30.3 Å². The lowest BCUT2D eigenvalue weighted by Crippen LogP contribution is -2.48. The smallest absolute Gasteiger partial charge is 0.414 e. The zero-order chi connectivity index (χ0) is 24.3. The van der Waals surface area contributed by atoms with Crippen molar-refractivity contribution in [2.24, 2.45) is 0 Å². The number of anilines is 3. The Balaban J connectivity index is 1.41. The largest absolute Gasteiger partial charge is 0.442 e. The number of amides is 2. The number of hydrogen-bond donors (Lipinski definition) is 3. The molecule has 2 heterocycles. The van der Waals surface area contributed by atoms with Crippen molar-refractivity contribution < 1.29 is 18.7 Å². The van der Waals surface area contributed by atoms with E-state index in [4.69, 9.17) is 4.74 Å². The molecule has 2 N–H and O–H groups in total. The van der Waals surface area contributed by atoms with Crippen LogP contribution in [0.25, 0.3) is 0 Å². The summed E-state index contributed by atoms with van der Waals surface area (Å²) in [6, 6.07) is 14.6. The second kappa shape index (κ2) is 9.81. The molecular formula is C24H26FN5O3S. The first kappa shape index (κ1) is 23.7. The van der Waals surface area contributed by atoms with E-state index in [0.717, 1.165) is 10.6 Å². The Morgan fingerprint density at radius 3 is 2.68 bits per heavy atom. The van der Waals surface area contributed by atoms with Gasteiger partial charge in [-0.3, -0.25) is 9.69 Å². The number of para-hydroxylation sites is 1. The van der Waals surface area contributed by atoms with Crippen LogP contribution < -0.4 is 20.4 Å². The van der Waals surface area contributed by atoms with E-state index < -0.39 is 23.6 Å². The van der Waals surface area contributed by atoms with E-state index in [0.29, 0.717) is 37.3 Å². The normalized spacial score (nSPS) is 19.4. The van der Waals surface area contributed by atoms with Crippen LogP contribution in [0.3, 0.4) is 0 Å². The number of carbonyl (C=O) groups is 2. The molecule has 2 aliphatic rings. The average Bonchev–Trinajstić information content (AvgIpc) is 3.20. The molecule has 2 amide bonds. The summed E-state index contributed by atoms with van der Waals surface area (Å²) >= 11 is 4.45. The Bertz CT molecular complexity index is 1130. The van der Waals surface area contributed by atoms with Gasteiger partial charge in [0.25, 0.3) is 0 Å². The summed E-state index contributed by atoms with van der Waals surface area (Å²) in [4.78, 5) is 27.3. The fourth-order valence-electron chi connectivity index (χ4n) is 4.25. The molecule has 4 rings (SSSR count). The summed E-state index contributed by atoms with van der Waals surface area (Å²) in [5.74, 6) is -0.661. The van der Waals surface area contributed by atoms with Gasteiger partial charge in [-0.2, -0.15) is 5.26 Å². The fourth-order valence-corrected chi connectivity index (χ4v) is 4.46. The first-order valence-corrected chi connectivity index (χ1v) is 11.5. The van der Waals surface area contributed by atoms with Gasteiger partial charge in [0.2, 0.25) is 5.91 Å². The Labute approximate surface area is 203 Å². The van der Waals surface area contributed by atoms with Crippen molar-refractivity contribution in [1.29, 1.82) is 5.26 Å². The quantitative estimate of drug-likeness (QED) is 0.544. The highest BCUT2D eigenvalue weighted by Crippen LogP contribution is 2.34. The van der Waals surface area contributed by atoms with Gasteiger partial charge in [0.1, 0.15) is 17.5 Å². The van der Waals surface area contributed by atoms with E-state index in [2.05, 4.69) is 29.3 Å². The Morgan fingerprint density at radius 1 is 1.29 bits per heavy atom. The van der Waals surface area contributed by atoms with Crippen LogP contribution >= 0.6 is 12.6 Å². The van der Waals surface area contributed by atoms with Gasteiger partial charge in [0.15, 0.2) is 0 Å². The number of carbonyl (C=O) groups excluding carboxylic acids is 2. The van der Waals surface area contributed by atoms with E-state index in [1.165, 1.54) is 17.9 Å². The molecule has 0 saturated carbocycles.